The summed E-state index contributed by atoms with van der Waals surface area (Å²) in [5.41, 5.74) is 9.74. The minimum Gasteiger partial charge on any atom is -0.497 e. The van der Waals surface area contributed by atoms with E-state index in [0.717, 1.165) is 55.7 Å². The maximum Gasteiger partial charge on any atom is 0.256 e. The number of amides is 2. The highest BCUT2D eigenvalue weighted by molar-refractivity contribution is 6.16. The molecule has 0 aliphatic carbocycles. The Hall–Kier alpha value is -7.72. The zero-order valence-electron chi connectivity index (χ0n) is 34.0. The fourth-order valence-corrected chi connectivity index (χ4v) is 7.58. The monoisotopic (exact) mass is 794 g/mol. The van der Waals surface area contributed by atoms with Gasteiger partial charge in [0, 0.05) is 21.9 Å². The van der Waals surface area contributed by atoms with E-state index in [2.05, 4.69) is 10.6 Å². The number of methoxy groups -OCH3 is 4. The fraction of sp³-hybridized carbons (Fsp3) is 0.120. The van der Waals surface area contributed by atoms with Crippen molar-refractivity contribution >= 4 is 45.0 Å². The Morgan fingerprint density at radius 2 is 0.817 bits per heavy atom. The lowest BCUT2D eigenvalue weighted by Crippen LogP contribution is -2.16. The molecule has 0 atom stereocenters. The molecule has 0 fully saturated rings. The summed E-state index contributed by atoms with van der Waals surface area (Å²) < 4.78 is 22.3. The van der Waals surface area contributed by atoms with Gasteiger partial charge in [-0.3, -0.25) is 9.59 Å². The Morgan fingerprint density at radius 1 is 0.450 bits per heavy atom. The van der Waals surface area contributed by atoms with Crippen LogP contribution in [-0.2, 0) is 0 Å². The molecule has 2 aromatic heterocycles. The zero-order chi connectivity index (χ0) is 41.9. The first-order valence-corrected chi connectivity index (χ1v) is 19.3. The summed E-state index contributed by atoms with van der Waals surface area (Å²) in [6.45, 7) is 3.82. The third-order valence-corrected chi connectivity index (χ3v) is 10.7. The third-order valence-electron chi connectivity index (χ3n) is 10.7. The molecule has 0 radical (unpaired) electrons. The smallest absolute Gasteiger partial charge is 0.256 e. The van der Waals surface area contributed by atoms with Crippen LogP contribution in [0.5, 0.6) is 23.0 Å². The maximum absolute atomic E-state index is 14.2. The van der Waals surface area contributed by atoms with Gasteiger partial charge in [-0.15, -0.1) is 0 Å². The van der Waals surface area contributed by atoms with Crippen molar-refractivity contribution in [3.63, 3.8) is 0 Å². The number of pyridine rings is 2. The molecule has 8 rings (SSSR count). The molecule has 10 nitrogen and oxygen atoms in total. The van der Waals surface area contributed by atoms with Crippen LogP contribution < -0.4 is 29.6 Å². The molecule has 298 valence electrons. The van der Waals surface area contributed by atoms with Gasteiger partial charge in [0.05, 0.1) is 73.4 Å². The van der Waals surface area contributed by atoms with Crippen LogP contribution in [0, 0.1) is 13.8 Å². The summed E-state index contributed by atoms with van der Waals surface area (Å²) in [7, 11) is 6.37. The number of nitrogens with one attached hydrogen (secondary N) is 2. The van der Waals surface area contributed by atoms with Crippen molar-refractivity contribution in [2.24, 2.45) is 0 Å². The van der Waals surface area contributed by atoms with Crippen LogP contribution in [0.2, 0.25) is 0 Å². The molecule has 2 N–H and O–H groups in total. The Bertz CT molecular complexity index is 2730. The SMILES string of the molecule is COc1ccc(-c2nc3ccccc3c(C(=O)Nc3ccc(-c4ccc(NC(=O)c5c(C)c(-c6ccc(OC)cc6)nc6ccccc56)c(OC)c4)cc3OC)c2C)cc1. The predicted molar refractivity (Wildman–Crippen MR) is 238 cm³/mol. The Morgan fingerprint density at radius 3 is 1.18 bits per heavy atom. The van der Waals surface area contributed by atoms with E-state index in [-0.39, 0.29) is 11.8 Å². The van der Waals surface area contributed by atoms with Crippen molar-refractivity contribution in [2.45, 2.75) is 13.8 Å². The van der Waals surface area contributed by atoms with Crippen LogP contribution >= 0.6 is 0 Å². The minimum atomic E-state index is -0.290. The molecule has 0 aliphatic heterocycles. The van der Waals surface area contributed by atoms with Crippen molar-refractivity contribution < 1.29 is 28.5 Å². The number of rotatable bonds is 11. The number of para-hydroxylation sites is 2. The summed E-state index contributed by atoms with van der Waals surface area (Å²) in [5.74, 6) is 1.82. The van der Waals surface area contributed by atoms with E-state index in [1.807, 2.05) is 147 Å². The number of ether oxygens (including phenoxy) is 4. The highest BCUT2D eigenvalue weighted by atomic mass is 16.5. The molecular weight excluding hydrogens is 753 g/mol. The average molecular weight is 795 g/mol. The molecule has 10 heteroatoms. The number of fused-ring (bicyclic) bond motifs is 2. The van der Waals surface area contributed by atoms with E-state index in [9.17, 15) is 9.59 Å². The summed E-state index contributed by atoms with van der Waals surface area (Å²) in [5, 5.41) is 7.68. The quantitative estimate of drug-likeness (QED) is 0.133. The summed E-state index contributed by atoms with van der Waals surface area (Å²) >= 11 is 0. The number of benzene rings is 6. The lowest BCUT2D eigenvalue weighted by atomic mass is 9.96. The lowest BCUT2D eigenvalue weighted by molar-refractivity contribution is 0.101. The molecule has 0 spiro atoms. The van der Waals surface area contributed by atoms with Gasteiger partial charge in [0.1, 0.15) is 23.0 Å². The van der Waals surface area contributed by atoms with Crippen LogP contribution in [0.15, 0.2) is 133 Å². The van der Waals surface area contributed by atoms with Crippen LogP contribution in [0.4, 0.5) is 11.4 Å². The topological polar surface area (TPSA) is 121 Å². The minimum absolute atomic E-state index is 0.290. The Labute approximate surface area is 347 Å². The van der Waals surface area contributed by atoms with Gasteiger partial charge in [0.25, 0.3) is 11.8 Å². The third kappa shape index (κ3) is 7.42. The Balaban J connectivity index is 1.08. The number of hydrogen-bond donors (Lipinski definition) is 2. The van der Waals surface area contributed by atoms with Crippen molar-refractivity contribution in [1.82, 2.24) is 9.97 Å². The number of nitrogens with zero attached hydrogens (tertiary/aromatic N) is 2. The van der Waals surface area contributed by atoms with Crippen molar-refractivity contribution in [3.8, 4) is 56.6 Å². The first-order chi connectivity index (χ1) is 29.2. The summed E-state index contributed by atoms with van der Waals surface area (Å²) in [6, 6.07) is 41.6. The van der Waals surface area contributed by atoms with Gasteiger partial charge in [-0.1, -0.05) is 48.5 Å². The molecule has 0 unspecified atom stereocenters. The van der Waals surface area contributed by atoms with Crippen molar-refractivity contribution in [3.05, 3.63) is 156 Å². The number of carbonyl (C=O) groups is 2. The van der Waals surface area contributed by atoms with E-state index in [1.54, 1.807) is 28.4 Å². The summed E-state index contributed by atoms with van der Waals surface area (Å²) in [4.78, 5) is 38.3. The molecule has 6 aromatic carbocycles. The molecule has 2 amide bonds. The Kier molecular flexibility index (Phi) is 10.8. The normalized spacial score (nSPS) is 11.0. The van der Waals surface area contributed by atoms with Gasteiger partial charge in [0.2, 0.25) is 0 Å². The predicted octanol–water partition coefficient (Wildman–Crippen LogP) is 10.9. The molecule has 2 heterocycles. The first kappa shape index (κ1) is 39.1. The lowest BCUT2D eigenvalue weighted by Gasteiger charge is -2.17. The van der Waals surface area contributed by atoms with Crippen LogP contribution in [-0.4, -0.2) is 50.2 Å². The number of anilines is 2. The summed E-state index contributed by atoms with van der Waals surface area (Å²) in [6.07, 6.45) is 0. The molecule has 0 saturated carbocycles. The largest absolute Gasteiger partial charge is 0.497 e. The van der Waals surface area contributed by atoms with E-state index < -0.39 is 0 Å². The number of hydrogen-bond acceptors (Lipinski definition) is 8. The molecule has 60 heavy (non-hydrogen) atoms. The van der Waals surface area contributed by atoms with Gasteiger partial charge in [0.15, 0.2) is 0 Å². The van der Waals surface area contributed by atoms with E-state index in [0.29, 0.717) is 56.4 Å². The molecule has 8 aromatic rings. The highest BCUT2D eigenvalue weighted by Crippen LogP contribution is 2.38. The number of carbonyl (C=O) groups excluding carboxylic acids is 2. The second-order valence-electron chi connectivity index (χ2n) is 14.2. The van der Waals surface area contributed by atoms with Gasteiger partial charge >= 0.3 is 0 Å². The fourth-order valence-electron chi connectivity index (χ4n) is 7.58. The number of aromatic nitrogens is 2. The highest BCUT2D eigenvalue weighted by Gasteiger charge is 2.23. The first-order valence-electron chi connectivity index (χ1n) is 19.3. The zero-order valence-corrected chi connectivity index (χ0v) is 34.0. The van der Waals surface area contributed by atoms with Crippen LogP contribution in [0.3, 0.4) is 0 Å². The van der Waals surface area contributed by atoms with Crippen LogP contribution in [0.25, 0.3) is 55.4 Å². The average Bonchev–Trinajstić information content (AvgIpc) is 3.28. The van der Waals surface area contributed by atoms with Crippen LogP contribution in [0.1, 0.15) is 31.8 Å². The van der Waals surface area contributed by atoms with E-state index in [4.69, 9.17) is 28.9 Å². The second kappa shape index (κ2) is 16.6. The van der Waals surface area contributed by atoms with Gasteiger partial charge in [-0.2, -0.15) is 0 Å². The van der Waals surface area contributed by atoms with E-state index >= 15 is 0 Å². The second-order valence-corrected chi connectivity index (χ2v) is 14.2. The van der Waals surface area contributed by atoms with Crippen molar-refractivity contribution in [2.75, 3.05) is 39.1 Å². The maximum atomic E-state index is 14.2. The van der Waals surface area contributed by atoms with Gasteiger partial charge < -0.3 is 29.6 Å². The molecule has 0 saturated heterocycles. The molecular formula is C50H42N4O6. The van der Waals surface area contributed by atoms with Crippen molar-refractivity contribution in [1.29, 1.82) is 0 Å². The molecule has 0 bridgehead atoms. The molecule has 0 aliphatic rings. The van der Waals surface area contributed by atoms with Gasteiger partial charge in [-0.05, 0) is 121 Å². The standard InChI is InChI=1S/C50H42N4O6/c1-29-45(37-11-7-9-13-39(37)51-47(29)31-15-21-35(57-3)22-16-31)49(55)53-41-25-19-33(27-43(41)59-5)34-20-26-42(44(28-34)60-6)54-50(56)46-30(2)48(32-17-23-36(58-4)24-18-32)52-40-14-10-8-12-38(40)46/h7-28H,1-6H3,(H,53,55)(H,54,56). The van der Waals surface area contributed by atoms with Gasteiger partial charge in [-0.25, -0.2) is 9.97 Å². The van der Waals surface area contributed by atoms with E-state index in [1.165, 1.54) is 0 Å².